The molecular formula is C12H12I2O6S. The van der Waals surface area contributed by atoms with E-state index in [1.54, 1.807) is 19.1 Å². The Hall–Kier alpha value is -0.400. The van der Waals surface area contributed by atoms with E-state index in [-0.39, 0.29) is 12.2 Å². The Morgan fingerprint density at radius 2 is 1.86 bits per heavy atom. The molecule has 0 aliphatic heterocycles. The third-order valence-corrected chi connectivity index (χ3v) is 4.41. The topological polar surface area (TPSA) is 89.9 Å². The molecule has 1 aromatic rings. The summed E-state index contributed by atoms with van der Waals surface area (Å²) in [6.45, 7) is 4.89. The van der Waals surface area contributed by atoms with Gasteiger partial charge in [-0.25, -0.2) is 4.79 Å². The Kier molecular flexibility index (Phi) is 6.87. The van der Waals surface area contributed by atoms with Crippen LogP contribution >= 0.6 is 45.2 Å². The second kappa shape index (κ2) is 7.74. The molecule has 0 spiro atoms. The van der Waals surface area contributed by atoms with Crippen LogP contribution in [0.1, 0.15) is 6.92 Å². The largest absolute Gasteiger partial charge is 0.492 e. The van der Waals surface area contributed by atoms with Crippen LogP contribution in [0.25, 0.3) is 0 Å². The monoisotopic (exact) mass is 538 g/mol. The summed E-state index contributed by atoms with van der Waals surface area (Å²) >= 11 is 3.95. The molecule has 0 radical (unpaired) electrons. The number of esters is 1. The van der Waals surface area contributed by atoms with E-state index in [0.29, 0.717) is 18.6 Å². The molecule has 1 aromatic carbocycles. The summed E-state index contributed by atoms with van der Waals surface area (Å²) in [6, 6.07) is 3.21. The quantitative estimate of drug-likeness (QED) is 0.197. The van der Waals surface area contributed by atoms with Gasteiger partial charge in [0.25, 0.3) is 10.1 Å². The molecule has 0 aromatic heterocycles. The van der Waals surface area contributed by atoms with Crippen molar-refractivity contribution in [2.24, 2.45) is 0 Å². The van der Waals surface area contributed by atoms with Crippen LogP contribution in [0, 0.1) is 7.14 Å². The first-order valence-electron chi connectivity index (χ1n) is 5.55. The lowest BCUT2D eigenvalue weighted by atomic mass is 10.3. The summed E-state index contributed by atoms with van der Waals surface area (Å²) in [5, 5.41) is 0. The van der Waals surface area contributed by atoms with Crippen molar-refractivity contribution in [3.63, 3.8) is 0 Å². The van der Waals surface area contributed by atoms with E-state index in [9.17, 15) is 13.2 Å². The molecule has 0 aliphatic carbocycles. The molecule has 0 saturated heterocycles. The number of benzene rings is 1. The minimum Gasteiger partial charge on any atom is -0.492 e. The van der Waals surface area contributed by atoms with Gasteiger partial charge in [-0.2, -0.15) is 8.42 Å². The number of hydrogen-bond donors (Lipinski definition) is 1. The maximum absolute atomic E-state index is 11.5. The van der Waals surface area contributed by atoms with E-state index in [1.165, 1.54) is 0 Å². The van der Waals surface area contributed by atoms with Crippen LogP contribution in [0.4, 0.5) is 0 Å². The molecule has 9 heteroatoms. The highest BCUT2D eigenvalue weighted by atomic mass is 127. The molecule has 0 amide bonds. The fourth-order valence-corrected chi connectivity index (χ4v) is 3.39. The van der Waals surface area contributed by atoms with Crippen molar-refractivity contribution in [2.45, 2.75) is 6.92 Å². The molecular weight excluding hydrogens is 526 g/mol. The van der Waals surface area contributed by atoms with Crippen molar-refractivity contribution in [1.29, 1.82) is 0 Å². The molecule has 0 aliphatic rings. The third kappa shape index (κ3) is 6.48. The highest BCUT2D eigenvalue weighted by Gasteiger charge is 2.14. The Morgan fingerprint density at radius 1 is 1.33 bits per heavy atom. The van der Waals surface area contributed by atoms with Crippen molar-refractivity contribution in [3.8, 4) is 11.5 Å². The second-order valence-electron chi connectivity index (χ2n) is 4.02. The summed E-state index contributed by atoms with van der Waals surface area (Å²) in [5.41, 5.74) is 0.287. The first-order valence-corrected chi connectivity index (χ1v) is 9.31. The SMILES string of the molecule is C=C(C)C(=O)Oc1c(I)cc(OCCS(=O)(=O)O)cc1I. The van der Waals surface area contributed by atoms with Crippen molar-refractivity contribution in [3.05, 3.63) is 31.4 Å². The lowest BCUT2D eigenvalue weighted by Crippen LogP contribution is -2.13. The maximum atomic E-state index is 11.5. The average Bonchev–Trinajstić information content (AvgIpc) is 2.31. The van der Waals surface area contributed by atoms with Gasteiger partial charge in [0.15, 0.2) is 5.75 Å². The molecule has 1 rings (SSSR count). The Labute approximate surface area is 149 Å². The number of halogens is 2. The summed E-state index contributed by atoms with van der Waals surface area (Å²) in [6.07, 6.45) is 0. The predicted octanol–water partition coefficient (Wildman–Crippen LogP) is 2.64. The zero-order valence-corrected chi connectivity index (χ0v) is 16.1. The number of hydrogen-bond acceptors (Lipinski definition) is 5. The second-order valence-corrected chi connectivity index (χ2v) is 7.92. The molecule has 1 N–H and O–H groups in total. The Morgan fingerprint density at radius 3 is 2.29 bits per heavy atom. The standard InChI is InChI=1S/C12H12I2O6S/c1-7(2)12(15)20-11-9(13)5-8(6-10(11)14)19-3-4-21(16,17)18/h5-6H,1,3-4H2,2H3,(H,16,17,18). The molecule has 0 saturated carbocycles. The van der Waals surface area contributed by atoms with Gasteiger partial charge in [0.05, 0.1) is 7.14 Å². The van der Waals surface area contributed by atoms with Crippen LogP contribution < -0.4 is 9.47 Å². The van der Waals surface area contributed by atoms with E-state index in [1.807, 2.05) is 45.2 Å². The highest BCUT2D eigenvalue weighted by molar-refractivity contribution is 14.1. The molecule has 21 heavy (non-hydrogen) atoms. The molecule has 0 atom stereocenters. The minimum absolute atomic E-state index is 0.171. The van der Waals surface area contributed by atoms with Gasteiger partial charge >= 0.3 is 5.97 Å². The van der Waals surface area contributed by atoms with Gasteiger partial charge in [-0.05, 0) is 64.2 Å². The lowest BCUT2D eigenvalue weighted by Gasteiger charge is -2.11. The van der Waals surface area contributed by atoms with Gasteiger partial charge in [-0.3, -0.25) is 4.55 Å². The van der Waals surface area contributed by atoms with E-state index in [4.69, 9.17) is 14.0 Å². The first kappa shape index (κ1) is 18.6. The van der Waals surface area contributed by atoms with Gasteiger partial charge < -0.3 is 9.47 Å². The number of carbonyl (C=O) groups excluding carboxylic acids is 1. The maximum Gasteiger partial charge on any atom is 0.338 e. The van der Waals surface area contributed by atoms with Crippen molar-refractivity contribution >= 4 is 61.3 Å². The van der Waals surface area contributed by atoms with Crippen molar-refractivity contribution in [2.75, 3.05) is 12.4 Å². The predicted molar refractivity (Wildman–Crippen MR) is 94.2 cm³/mol. The zero-order valence-electron chi connectivity index (χ0n) is 10.9. The molecule has 0 fully saturated rings. The Bertz CT molecular complexity index is 645. The Balaban J connectivity index is 2.84. The third-order valence-electron chi connectivity index (χ3n) is 2.13. The highest BCUT2D eigenvalue weighted by Crippen LogP contribution is 2.32. The van der Waals surface area contributed by atoms with Crippen molar-refractivity contribution in [1.82, 2.24) is 0 Å². The van der Waals surface area contributed by atoms with Crippen LogP contribution in [0.2, 0.25) is 0 Å². The zero-order chi connectivity index (χ0) is 16.2. The summed E-state index contributed by atoms with van der Waals surface area (Å²) < 4.78 is 41.5. The average molecular weight is 538 g/mol. The van der Waals surface area contributed by atoms with E-state index < -0.39 is 21.8 Å². The normalized spacial score (nSPS) is 11.0. The summed E-state index contributed by atoms with van der Waals surface area (Å²) in [5.74, 6) is -0.202. The van der Waals surface area contributed by atoms with Gasteiger partial charge in [0, 0.05) is 5.57 Å². The summed E-state index contributed by atoms with van der Waals surface area (Å²) in [4.78, 5) is 11.5. The van der Waals surface area contributed by atoms with E-state index in [0.717, 1.165) is 0 Å². The van der Waals surface area contributed by atoms with Crippen LogP contribution in [0.3, 0.4) is 0 Å². The molecule has 0 unspecified atom stereocenters. The van der Waals surface area contributed by atoms with Gasteiger partial charge in [0.2, 0.25) is 0 Å². The van der Waals surface area contributed by atoms with Crippen LogP contribution in [-0.2, 0) is 14.9 Å². The molecule has 116 valence electrons. The van der Waals surface area contributed by atoms with E-state index in [2.05, 4.69) is 6.58 Å². The van der Waals surface area contributed by atoms with Gasteiger partial charge in [0.1, 0.15) is 18.1 Å². The minimum atomic E-state index is -4.06. The first-order chi connectivity index (χ1) is 9.60. The summed E-state index contributed by atoms with van der Waals surface area (Å²) in [7, 11) is -4.06. The molecule has 0 heterocycles. The van der Waals surface area contributed by atoms with Gasteiger partial charge in [-0.1, -0.05) is 6.58 Å². The lowest BCUT2D eigenvalue weighted by molar-refractivity contribution is -0.130. The van der Waals surface area contributed by atoms with Crippen LogP contribution in [0.5, 0.6) is 11.5 Å². The number of carbonyl (C=O) groups is 1. The number of ether oxygens (including phenoxy) is 2. The van der Waals surface area contributed by atoms with Crippen LogP contribution in [-0.4, -0.2) is 31.3 Å². The van der Waals surface area contributed by atoms with E-state index >= 15 is 0 Å². The molecule has 0 bridgehead atoms. The molecule has 6 nitrogen and oxygen atoms in total. The number of rotatable bonds is 6. The van der Waals surface area contributed by atoms with Crippen molar-refractivity contribution < 1.29 is 27.2 Å². The fourth-order valence-electron chi connectivity index (χ4n) is 1.16. The van der Waals surface area contributed by atoms with Crippen LogP contribution in [0.15, 0.2) is 24.3 Å². The smallest absolute Gasteiger partial charge is 0.338 e. The fraction of sp³-hybridized carbons (Fsp3) is 0.250. The van der Waals surface area contributed by atoms with Gasteiger partial charge in [-0.15, -0.1) is 0 Å².